The molecule has 0 aliphatic carbocycles. The number of rotatable bonds is 3. The molecule has 0 saturated carbocycles. The highest BCUT2D eigenvalue weighted by Gasteiger charge is 2.20. The molecule has 2 N–H and O–H groups in total. The van der Waals surface area contributed by atoms with Gasteiger partial charge in [0.25, 0.3) is 10.0 Å². The average molecular weight is 323 g/mol. The van der Waals surface area contributed by atoms with Crippen LogP contribution in [0, 0.1) is 6.92 Å². The Morgan fingerprint density at radius 1 is 1.14 bits per heavy atom. The van der Waals surface area contributed by atoms with Crippen LogP contribution in [0.25, 0.3) is 0 Å². The van der Waals surface area contributed by atoms with E-state index in [1.165, 1.54) is 0 Å². The summed E-state index contributed by atoms with van der Waals surface area (Å²) >= 11 is 6.08. The molecule has 3 rings (SSSR count). The summed E-state index contributed by atoms with van der Waals surface area (Å²) in [5.41, 5.74) is 3.38. The first kappa shape index (κ1) is 14.4. The van der Waals surface area contributed by atoms with Gasteiger partial charge in [0.15, 0.2) is 0 Å². The third-order valence-corrected chi connectivity index (χ3v) is 5.24. The van der Waals surface area contributed by atoms with Crippen molar-refractivity contribution in [1.29, 1.82) is 0 Å². The summed E-state index contributed by atoms with van der Waals surface area (Å²) in [4.78, 5) is 0.254. The van der Waals surface area contributed by atoms with Gasteiger partial charge in [-0.1, -0.05) is 29.8 Å². The van der Waals surface area contributed by atoms with Crippen LogP contribution >= 0.6 is 11.6 Å². The molecule has 0 fully saturated rings. The van der Waals surface area contributed by atoms with Crippen LogP contribution in [0.3, 0.4) is 0 Å². The number of aryl methyl sites for hydroxylation is 1. The lowest BCUT2D eigenvalue weighted by Gasteiger charge is -2.12. The molecule has 1 aliphatic rings. The monoisotopic (exact) mass is 322 g/mol. The van der Waals surface area contributed by atoms with E-state index < -0.39 is 10.0 Å². The van der Waals surface area contributed by atoms with Crippen LogP contribution in [0.2, 0.25) is 5.02 Å². The summed E-state index contributed by atoms with van der Waals surface area (Å²) in [7, 11) is -3.64. The van der Waals surface area contributed by atoms with E-state index in [0.717, 1.165) is 23.2 Å². The quantitative estimate of drug-likeness (QED) is 0.913. The van der Waals surface area contributed by atoms with E-state index in [1.54, 1.807) is 24.3 Å². The zero-order valence-corrected chi connectivity index (χ0v) is 13.1. The largest absolute Gasteiger partial charge is 0.309 e. The summed E-state index contributed by atoms with van der Waals surface area (Å²) in [6.07, 6.45) is 0. The number of sulfonamides is 1. The Morgan fingerprint density at radius 3 is 2.67 bits per heavy atom. The number of hydrogen-bond donors (Lipinski definition) is 2. The molecule has 0 radical (unpaired) electrons. The predicted octanol–water partition coefficient (Wildman–Crippen LogP) is 3.05. The van der Waals surface area contributed by atoms with E-state index in [0.29, 0.717) is 17.3 Å². The van der Waals surface area contributed by atoms with Crippen molar-refractivity contribution in [2.24, 2.45) is 0 Å². The van der Waals surface area contributed by atoms with Crippen molar-refractivity contribution in [1.82, 2.24) is 5.32 Å². The van der Waals surface area contributed by atoms with E-state index in [2.05, 4.69) is 10.0 Å². The molecule has 2 aromatic carbocycles. The Bertz CT molecular complexity index is 783. The van der Waals surface area contributed by atoms with E-state index >= 15 is 0 Å². The van der Waals surface area contributed by atoms with Gasteiger partial charge in [0.05, 0.1) is 15.6 Å². The number of anilines is 1. The zero-order valence-electron chi connectivity index (χ0n) is 11.5. The van der Waals surface area contributed by atoms with Crippen molar-refractivity contribution in [2.75, 3.05) is 4.72 Å². The lowest BCUT2D eigenvalue weighted by molar-refractivity contribution is 0.601. The summed E-state index contributed by atoms with van der Waals surface area (Å²) in [5, 5.41) is 3.59. The summed E-state index contributed by atoms with van der Waals surface area (Å²) < 4.78 is 27.6. The third kappa shape index (κ3) is 2.77. The third-order valence-electron chi connectivity index (χ3n) is 3.58. The molecule has 0 unspecified atom stereocenters. The average Bonchev–Trinajstić information content (AvgIpc) is 2.90. The van der Waals surface area contributed by atoms with Crippen molar-refractivity contribution in [2.45, 2.75) is 24.9 Å². The first-order valence-corrected chi connectivity index (χ1v) is 8.44. The van der Waals surface area contributed by atoms with Gasteiger partial charge < -0.3 is 5.32 Å². The van der Waals surface area contributed by atoms with Crippen LogP contribution in [0.4, 0.5) is 5.69 Å². The number of halogens is 1. The van der Waals surface area contributed by atoms with Crippen LogP contribution in [-0.4, -0.2) is 8.42 Å². The molecule has 2 aromatic rings. The van der Waals surface area contributed by atoms with Gasteiger partial charge in [-0.2, -0.15) is 0 Å². The van der Waals surface area contributed by atoms with Gasteiger partial charge in [0.1, 0.15) is 0 Å². The highest BCUT2D eigenvalue weighted by atomic mass is 35.5. The Balaban J connectivity index is 1.98. The highest BCUT2D eigenvalue weighted by Crippen LogP contribution is 2.28. The van der Waals surface area contributed by atoms with E-state index in [9.17, 15) is 8.42 Å². The fourth-order valence-electron chi connectivity index (χ4n) is 2.39. The van der Waals surface area contributed by atoms with Gasteiger partial charge in [-0.25, -0.2) is 8.42 Å². The van der Waals surface area contributed by atoms with Gasteiger partial charge in [0.2, 0.25) is 0 Å². The molecule has 110 valence electrons. The standard InChI is InChI=1S/C15H15ClN2O2S/c1-10-3-2-4-14(16)15(10)18-21(19,20)13-6-5-11-8-17-9-12(11)7-13/h2-7,17-18H,8-9H2,1H3. The fraction of sp³-hybridized carbons (Fsp3) is 0.200. The Kier molecular flexibility index (Phi) is 3.65. The second-order valence-electron chi connectivity index (χ2n) is 5.07. The second-order valence-corrected chi connectivity index (χ2v) is 7.16. The first-order valence-electron chi connectivity index (χ1n) is 6.58. The van der Waals surface area contributed by atoms with E-state index in [1.807, 2.05) is 19.1 Å². The van der Waals surface area contributed by atoms with Crippen molar-refractivity contribution in [3.63, 3.8) is 0 Å². The van der Waals surface area contributed by atoms with Crippen molar-refractivity contribution in [3.05, 3.63) is 58.1 Å². The molecule has 6 heteroatoms. The molecule has 0 spiro atoms. The minimum atomic E-state index is -3.64. The van der Waals surface area contributed by atoms with Gasteiger partial charge >= 0.3 is 0 Å². The number of benzene rings is 2. The van der Waals surface area contributed by atoms with Crippen molar-refractivity contribution < 1.29 is 8.42 Å². The molecule has 4 nitrogen and oxygen atoms in total. The van der Waals surface area contributed by atoms with Crippen LogP contribution in [0.5, 0.6) is 0 Å². The van der Waals surface area contributed by atoms with Crippen molar-refractivity contribution in [3.8, 4) is 0 Å². The maximum absolute atomic E-state index is 12.5. The summed E-state index contributed by atoms with van der Waals surface area (Å²) in [5.74, 6) is 0. The Hall–Kier alpha value is -1.56. The lowest BCUT2D eigenvalue weighted by Crippen LogP contribution is -2.14. The number of fused-ring (bicyclic) bond motifs is 1. The van der Waals surface area contributed by atoms with E-state index in [4.69, 9.17) is 11.6 Å². The molecule has 0 bridgehead atoms. The minimum Gasteiger partial charge on any atom is -0.309 e. The molecule has 1 heterocycles. The summed E-state index contributed by atoms with van der Waals surface area (Å²) in [6.45, 7) is 3.30. The van der Waals surface area contributed by atoms with Gasteiger partial charge in [-0.05, 0) is 41.8 Å². The van der Waals surface area contributed by atoms with Crippen LogP contribution in [-0.2, 0) is 23.1 Å². The van der Waals surface area contributed by atoms with Crippen LogP contribution < -0.4 is 10.0 Å². The summed E-state index contributed by atoms with van der Waals surface area (Å²) in [6, 6.07) is 10.5. The fourth-order valence-corrected chi connectivity index (χ4v) is 3.92. The number of para-hydroxylation sites is 1. The number of nitrogens with one attached hydrogen (secondary N) is 2. The second kappa shape index (κ2) is 5.33. The Labute approximate surface area is 129 Å². The van der Waals surface area contributed by atoms with E-state index in [-0.39, 0.29) is 4.90 Å². The molecule has 0 amide bonds. The van der Waals surface area contributed by atoms with Gasteiger partial charge in [-0.15, -0.1) is 0 Å². The van der Waals surface area contributed by atoms with Gasteiger partial charge in [-0.3, -0.25) is 4.72 Å². The first-order chi connectivity index (χ1) is 9.97. The highest BCUT2D eigenvalue weighted by molar-refractivity contribution is 7.92. The minimum absolute atomic E-state index is 0.254. The van der Waals surface area contributed by atoms with Crippen molar-refractivity contribution >= 4 is 27.3 Å². The Morgan fingerprint density at radius 2 is 1.90 bits per heavy atom. The maximum Gasteiger partial charge on any atom is 0.261 e. The lowest BCUT2D eigenvalue weighted by atomic mass is 10.1. The molecular weight excluding hydrogens is 308 g/mol. The SMILES string of the molecule is Cc1cccc(Cl)c1NS(=O)(=O)c1ccc2c(c1)CNC2. The number of hydrogen-bond acceptors (Lipinski definition) is 3. The van der Waals surface area contributed by atoms with Crippen LogP contribution in [0.15, 0.2) is 41.3 Å². The molecule has 0 aromatic heterocycles. The van der Waals surface area contributed by atoms with Gasteiger partial charge in [0, 0.05) is 13.1 Å². The predicted molar refractivity (Wildman–Crippen MR) is 84.0 cm³/mol. The van der Waals surface area contributed by atoms with Crippen LogP contribution in [0.1, 0.15) is 16.7 Å². The molecule has 0 saturated heterocycles. The zero-order chi connectivity index (χ0) is 15.0. The molecule has 21 heavy (non-hydrogen) atoms. The molecular formula is C15H15ClN2O2S. The molecule has 1 aliphatic heterocycles. The maximum atomic E-state index is 12.5. The normalized spacial score (nSPS) is 14.0. The topological polar surface area (TPSA) is 58.2 Å². The molecule has 0 atom stereocenters. The smallest absolute Gasteiger partial charge is 0.261 e.